The molecule has 5 rings (SSSR count). The van der Waals surface area contributed by atoms with Crippen molar-refractivity contribution in [2.24, 2.45) is 5.92 Å². The van der Waals surface area contributed by atoms with Gasteiger partial charge in [-0.1, -0.05) is 12.8 Å². The number of hydrogen-bond acceptors (Lipinski definition) is 10. The first-order valence-electron chi connectivity index (χ1n) is 12.3. The number of piperidine rings is 1. The predicted octanol–water partition coefficient (Wildman–Crippen LogP) is 1.36. The van der Waals surface area contributed by atoms with Crippen molar-refractivity contribution in [1.82, 2.24) is 29.8 Å². The van der Waals surface area contributed by atoms with Crippen LogP contribution in [0.1, 0.15) is 38.5 Å². The number of carbonyl (C=O) groups is 1. The largest absolute Gasteiger partial charge is 0.378 e. The molecule has 11 nitrogen and oxygen atoms in total. The maximum absolute atomic E-state index is 12.8. The third kappa shape index (κ3) is 4.89. The molecule has 2 saturated heterocycles. The molecule has 0 radical (unpaired) electrons. The number of ether oxygens (including phenoxy) is 1. The van der Waals surface area contributed by atoms with Crippen molar-refractivity contribution in [1.29, 1.82) is 0 Å². The number of hydrogen-bond donors (Lipinski definition) is 1. The van der Waals surface area contributed by atoms with Gasteiger partial charge in [-0.2, -0.15) is 15.0 Å². The minimum Gasteiger partial charge on any atom is -0.378 e. The highest BCUT2D eigenvalue weighted by Gasteiger charge is 2.32. The molecule has 4 heterocycles. The second-order valence-electron chi connectivity index (χ2n) is 9.34. The molecule has 0 bridgehead atoms. The number of amides is 1. The predicted molar refractivity (Wildman–Crippen MR) is 128 cm³/mol. The molecular weight excluding hydrogens is 434 g/mol. The Hall–Kier alpha value is -3.08. The lowest BCUT2D eigenvalue weighted by molar-refractivity contribution is -0.136. The summed E-state index contributed by atoms with van der Waals surface area (Å²) < 4.78 is 5.50. The van der Waals surface area contributed by atoms with Crippen LogP contribution < -0.4 is 15.5 Å². The zero-order valence-electron chi connectivity index (χ0n) is 19.8. The first kappa shape index (κ1) is 22.7. The van der Waals surface area contributed by atoms with Gasteiger partial charge in [0.05, 0.1) is 18.8 Å². The number of carbonyl (C=O) groups excluding carboxylic acids is 1. The number of nitrogens with two attached hydrogens (primary N) is 1. The third-order valence-corrected chi connectivity index (χ3v) is 7.18. The van der Waals surface area contributed by atoms with Crippen molar-refractivity contribution in [3.05, 3.63) is 12.4 Å². The first-order chi connectivity index (χ1) is 16.6. The van der Waals surface area contributed by atoms with Crippen LogP contribution in [0, 0.1) is 5.92 Å². The molecule has 0 unspecified atom stereocenters. The molecule has 0 atom stereocenters. The quantitative estimate of drug-likeness (QED) is 0.689. The Morgan fingerprint density at radius 2 is 1.68 bits per heavy atom. The van der Waals surface area contributed by atoms with E-state index in [-0.39, 0.29) is 17.9 Å². The molecule has 0 aromatic carbocycles. The molecule has 11 heteroatoms. The standard InChI is InChI=1S/C23H33N9O2/c1-30(18-6-8-31(9-7-18)20(33)16-4-2-3-5-16)22-27-19(17-14-25-21(24)26-15-17)28-23(29-22)32-10-12-34-13-11-32/h14-16,18H,2-13H2,1H3,(H2,24,25,26). The molecule has 182 valence electrons. The third-order valence-electron chi connectivity index (χ3n) is 7.18. The molecule has 2 aromatic heterocycles. The summed E-state index contributed by atoms with van der Waals surface area (Å²) in [4.78, 5) is 41.6. The molecule has 2 N–H and O–H groups in total. The summed E-state index contributed by atoms with van der Waals surface area (Å²) in [5.74, 6) is 2.55. The Labute approximate surface area is 199 Å². The minimum atomic E-state index is 0.211. The van der Waals surface area contributed by atoms with Crippen LogP contribution in [0.4, 0.5) is 17.8 Å². The maximum Gasteiger partial charge on any atom is 0.230 e. The molecular formula is C23H33N9O2. The Bertz CT molecular complexity index is 982. The highest BCUT2D eigenvalue weighted by atomic mass is 16.5. The Kier molecular flexibility index (Phi) is 6.70. The van der Waals surface area contributed by atoms with Crippen LogP contribution >= 0.6 is 0 Å². The molecule has 2 aliphatic heterocycles. The van der Waals surface area contributed by atoms with Crippen molar-refractivity contribution >= 4 is 23.8 Å². The zero-order chi connectivity index (χ0) is 23.5. The van der Waals surface area contributed by atoms with Crippen LogP contribution in [-0.4, -0.2) is 88.2 Å². The molecule has 34 heavy (non-hydrogen) atoms. The average molecular weight is 468 g/mol. The van der Waals surface area contributed by atoms with Gasteiger partial charge in [0.25, 0.3) is 0 Å². The lowest BCUT2D eigenvalue weighted by atomic mass is 10.0. The van der Waals surface area contributed by atoms with Crippen molar-refractivity contribution in [2.75, 3.05) is 62.0 Å². The maximum atomic E-state index is 12.8. The van der Waals surface area contributed by atoms with E-state index in [4.69, 9.17) is 25.4 Å². The van der Waals surface area contributed by atoms with E-state index in [1.165, 1.54) is 12.8 Å². The molecule has 1 saturated carbocycles. The summed E-state index contributed by atoms with van der Waals surface area (Å²) in [6, 6.07) is 0.253. The molecule has 1 amide bonds. The normalized spacial score (nSPS) is 20.0. The smallest absolute Gasteiger partial charge is 0.230 e. The fourth-order valence-corrected chi connectivity index (χ4v) is 5.07. The van der Waals surface area contributed by atoms with Gasteiger partial charge in [0, 0.05) is 57.6 Å². The Balaban J connectivity index is 1.34. The molecule has 1 aliphatic carbocycles. The molecule has 3 aliphatic rings. The fraction of sp³-hybridized carbons (Fsp3) is 0.652. The molecule has 3 fully saturated rings. The van der Waals surface area contributed by atoms with Crippen molar-refractivity contribution in [3.63, 3.8) is 0 Å². The molecule has 0 spiro atoms. The van der Waals surface area contributed by atoms with E-state index in [9.17, 15) is 4.79 Å². The van der Waals surface area contributed by atoms with Crippen molar-refractivity contribution in [2.45, 2.75) is 44.6 Å². The number of aromatic nitrogens is 5. The van der Waals surface area contributed by atoms with Crippen LogP contribution in [0.5, 0.6) is 0 Å². The monoisotopic (exact) mass is 467 g/mol. The van der Waals surface area contributed by atoms with Gasteiger partial charge in [0.15, 0.2) is 5.82 Å². The Morgan fingerprint density at radius 1 is 1.00 bits per heavy atom. The number of rotatable bonds is 5. The highest BCUT2D eigenvalue weighted by molar-refractivity contribution is 5.79. The van der Waals surface area contributed by atoms with Gasteiger partial charge in [-0.05, 0) is 25.7 Å². The van der Waals surface area contributed by atoms with E-state index in [1.54, 1.807) is 12.4 Å². The SMILES string of the molecule is CN(c1nc(-c2cnc(N)nc2)nc(N2CCOCC2)n1)C1CCN(C(=O)C2CCCC2)CC1. The zero-order valence-corrected chi connectivity index (χ0v) is 19.8. The first-order valence-corrected chi connectivity index (χ1v) is 12.3. The van der Waals surface area contributed by atoms with E-state index in [0.717, 1.165) is 51.9 Å². The van der Waals surface area contributed by atoms with Gasteiger partial charge in [-0.3, -0.25) is 4.79 Å². The highest BCUT2D eigenvalue weighted by Crippen LogP contribution is 2.29. The van der Waals surface area contributed by atoms with Gasteiger partial charge in [-0.15, -0.1) is 0 Å². The summed E-state index contributed by atoms with van der Waals surface area (Å²) in [5.41, 5.74) is 6.36. The number of likely N-dealkylation sites (tertiary alicyclic amines) is 1. The fourth-order valence-electron chi connectivity index (χ4n) is 5.07. The van der Waals surface area contributed by atoms with Gasteiger partial charge in [0.1, 0.15) is 0 Å². The van der Waals surface area contributed by atoms with Crippen LogP contribution in [0.3, 0.4) is 0 Å². The van der Waals surface area contributed by atoms with Crippen molar-refractivity contribution in [3.8, 4) is 11.4 Å². The topological polar surface area (TPSA) is 126 Å². The van der Waals surface area contributed by atoms with Gasteiger partial charge >= 0.3 is 0 Å². The number of nitrogen functional groups attached to an aromatic ring is 1. The van der Waals surface area contributed by atoms with E-state index in [2.05, 4.69) is 24.7 Å². The number of anilines is 3. The van der Waals surface area contributed by atoms with Gasteiger partial charge in [0.2, 0.25) is 23.8 Å². The summed E-state index contributed by atoms with van der Waals surface area (Å²) in [7, 11) is 2.03. The average Bonchev–Trinajstić information content (AvgIpc) is 3.44. The second-order valence-corrected chi connectivity index (χ2v) is 9.34. The van der Waals surface area contributed by atoms with Crippen LogP contribution in [-0.2, 0) is 9.53 Å². The molecule has 2 aromatic rings. The Morgan fingerprint density at radius 3 is 2.35 bits per heavy atom. The van der Waals surface area contributed by atoms with Crippen LogP contribution in [0.25, 0.3) is 11.4 Å². The number of morpholine rings is 1. The van der Waals surface area contributed by atoms with Gasteiger partial charge < -0.3 is 25.2 Å². The number of nitrogens with zero attached hydrogens (tertiary/aromatic N) is 8. The summed E-state index contributed by atoms with van der Waals surface area (Å²) >= 11 is 0. The van der Waals surface area contributed by atoms with E-state index in [0.29, 0.717) is 42.4 Å². The van der Waals surface area contributed by atoms with E-state index >= 15 is 0 Å². The summed E-state index contributed by atoms with van der Waals surface area (Å²) in [5, 5.41) is 0. The van der Waals surface area contributed by atoms with Crippen LogP contribution in [0.2, 0.25) is 0 Å². The lowest BCUT2D eigenvalue weighted by Gasteiger charge is -2.38. The van der Waals surface area contributed by atoms with E-state index in [1.807, 2.05) is 7.05 Å². The van der Waals surface area contributed by atoms with Gasteiger partial charge in [-0.25, -0.2) is 9.97 Å². The minimum absolute atomic E-state index is 0.211. The second kappa shape index (κ2) is 10.0. The van der Waals surface area contributed by atoms with E-state index < -0.39 is 0 Å². The summed E-state index contributed by atoms with van der Waals surface area (Å²) in [6.07, 6.45) is 9.53. The van der Waals surface area contributed by atoms with Crippen molar-refractivity contribution < 1.29 is 9.53 Å². The lowest BCUT2D eigenvalue weighted by Crippen LogP contribution is -2.47. The summed E-state index contributed by atoms with van der Waals surface area (Å²) in [6.45, 7) is 4.31. The van der Waals surface area contributed by atoms with Crippen LogP contribution in [0.15, 0.2) is 12.4 Å².